The molecule has 0 aliphatic heterocycles. The van der Waals surface area contributed by atoms with Crippen molar-refractivity contribution in [1.82, 2.24) is 6.15 Å². The zero-order valence-electron chi connectivity index (χ0n) is 54.2. The lowest BCUT2D eigenvalue weighted by Crippen LogP contribution is -2.10. The SMILES string of the molecule is Clc1ccc(-c2c(-c3ccccc3)ccc3ccccc23)cc1.N.c1ccc(-c2ccc3ccccc3c2-c2ccc(N(c3cccc4c3sc3ccccc34)c3cccc4c3sc3ccccc34)cc2)cc1.c1ccc2c(c1)sc1c(Nc3cccc4c3sc3ccccc34)cccc12. The van der Waals surface area contributed by atoms with Crippen LogP contribution in [-0.2, 0) is 0 Å². The minimum atomic E-state index is 0. The van der Waals surface area contributed by atoms with Crippen LogP contribution in [0.3, 0.4) is 0 Å². The maximum absolute atomic E-state index is 6.07. The average molecular weight is 1370 g/mol. The molecule has 0 spiro atoms. The number of nitrogens with one attached hydrogen (secondary N) is 1. The van der Waals surface area contributed by atoms with Gasteiger partial charge in [0.2, 0.25) is 0 Å². The lowest BCUT2D eigenvalue weighted by Gasteiger charge is -2.27. The van der Waals surface area contributed by atoms with Gasteiger partial charge in [-0.15, -0.1) is 45.3 Å². The highest BCUT2D eigenvalue weighted by Gasteiger charge is 2.23. The summed E-state index contributed by atoms with van der Waals surface area (Å²) in [5, 5.41) is 20.0. The second-order valence-electron chi connectivity index (χ2n) is 24.7. The minimum absolute atomic E-state index is 0. The first-order chi connectivity index (χ1) is 49.0. The van der Waals surface area contributed by atoms with Crippen molar-refractivity contribution in [3.05, 3.63) is 357 Å². The van der Waals surface area contributed by atoms with Gasteiger partial charge in [-0.3, -0.25) is 0 Å². The standard InChI is InChI=1S/C46H29NS2.C24H15NS2.C22H15Cl.H3N/c1-2-12-30(13-3-1)35-29-26-31-14-4-5-15-34(31)44(35)32-24-27-33(28-25-32)47(40-20-10-18-38-36-16-6-8-22-42(36)48-45(38)40)41-21-11-19-39-37-17-7-9-23-43(37)49-46(39)41;1-3-13-21-15(7-1)17-9-5-11-19(23(17)26-21)25-20-12-6-10-18-16-8-2-4-14-22(16)27-24(18)20;23-19-13-10-18(11-14-19)22-20-9-5-4-8-17(20)12-15-21(22)16-6-2-1-3-7-16;/h1-29H;1-14,25H;1-15H;1H3. The Morgan fingerprint density at radius 2 is 0.560 bits per heavy atom. The van der Waals surface area contributed by atoms with Crippen LogP contribution < -0.4 is 16.4 Å². The van der Waals surface area contributed by atoms with E-state index in [2.05, 4.69) is 344 Å². The number of halogens is 1. The molecule has 0 aliphatic carbocycles. The quantitative estimate of drug-likeness (QED) is 0.151. The number of benzene rings is 16. The molecule has 4 aromatic heterocycles. The molecule has 0 amide bonds. The van der Waals surface area contributed by atoms with Gasteiger partial charge in [-0.05, 0) is 139 Å². The summed E-state index contributed by atoms with van der Waals surface area (Å²) >= 11 is 13.6. The van der Waals surface area contributed by atoms with Crippen molar-refractivity contribution in [2.45, 2.75) is 0 Å². The number of rotatable bonds is 9. The summed E-state index contributed by atoms with van der Waals surface area (Å²) in [4.78, 5) is 2.49. The lowest BCUT2D eigenvalue weighted by molar-refractivity contribution is 1.32. The Balaban J connectivity index is 0.000000123. The van der Waals surface area contributed by atoms with Gasteiger partial charge in [-0.2, -0.15) is 0 Å². The third kappa shape index (κ3) is 11.4. The van der Waals surface area contributed by atoms with E-state index in [0.29, 0.717) is 0 Å². The van der Waals surface area contributed by atoms with Crippen LogP contribution in [0, 0.1) is 0 Å². The molecule has 0 saturated heterocycles. The molecule has 100 heavy (non-hydrogen) atoms. The van der Waals surface area contributed by atoms with Crippen LogP contribution in [-0.4, -0.2) is 0 Å². The maximum Gasteiger partial charge on any atom is 0.0640 e. The Kier molecular flexibility index (Phi) is 16.8. The summed E-state index contributed by atoms with van der Waals surface area (Å²) in [7, 11) is 0. The topological polar surface area (TPSA) is 50.3 Å². The van der Waals surface area contributed by atoms with E-state index in [1.807, 2.05) is 63.5 Å². The van der Waals surface area contributed by atoms with E-state index in [1.165, 1.54) is 169 Å². The van der Waals surface area contributed by atoms with E-state index >= 15 is 0 Å². The van der Waals surface area contributed by atoms with Crippen LogP contribution in [0.2, 0.25) is 5.02 Å². The summed E-state index contributed by atoms with van der Waals surface area (Å²) in [5.74, 6) is 0. The number of fused-ring (bicyclic) bond motifs is 14. The van der Waals surface area contributed by atoms with Crippen molar-refractivity contribution in [2.24, 2.45) is 0 Å². The van der Waals surface area contributed by atoms with Crippen molar-refractivity contribution in [3.63, 3.8) is 0 Å². The van der Waals surface area contributed by atoms with Gasteiger partial charge in [0, 0.05) is 72.6 Å². The van der Waals surface area contributed by atoms with Crippen molar-refractivity contribution in [2.75, 3.05) is 10.2 Å². The Hall–Kier alpha value is -11.2. The van der Waals surface area contributed by atoms with Crippen molar-refractivity contribution < 1.29 is 0 Å². The van der Waals surface area contributed by atoms with E-state index in [-0.39, 0.29) is 6.15 Å². The molecule has 20 rings (SSSR count). The van der Waals surface area contributed by atoms with Gasteiger partial charge < -0.3 is 16.4 Å². The van der Waals surface area contributed by atoms with E-state index in [1.54, 1.807) is 0 Å². The van der Waals surface area contributed by atoms with E-state index in [9.17, 15) is 0 Å². The normalized spacial score (nSPS) is 11.4. The fourth-order valence-corrected chi connectivity index (χ4v) is 19.2. The summed E-state index contributed by atoms with van der Waals surface area (Å²) in [6.45, 7) is 0. The zero-order chi connectivity index (χ0) is 65.8. The highest BCUT2D eigenvalue weighted by atomic mass is 35.5. The predicted molar refractivity (Wildman–Crippen MR) is 442 cm³/mol. The first kappa shape index (κ1) is 62.3. The second kappa shape index (κ2) is 26.9. The number of hydrogen-bond donors (Lipinski definition) is 2. The molecule has 3 nitrogen and oxygen atoms in total. The van der Waals surface area contributed by atoms with Crippen LogP contribution in [0.25, 0.3) is 147 Å². The van der Waals surface area contributed by atoms with Gasteiger partial charge in [-0.1, -0.05) is 291 Å². The van der Waals surface area contributed by atoms with Gasteiger partial charge >= 0.3 is 0 Å². The van der Waals surface area contributed by atoms with E-state index < -0.39 is 0 Å². The molecule has 0 bridgehead atoms. The third-order valence-electron chi connectivity index (χ3n) is 18.9. The molecule has 0 atom stereocenters. The van der Waals surface area contributed by atoms with Gasteiger partial charge in [0.1, 0.15) is 0 Å². The molecule has 0 unspecified atom stereocenters. The Labute approximate surface area is 600 Å². The van der Waals surface area contributed by atoms with Crippen LogP contribution >= 0.6 is 56.9 Å². The molecule has 0 aliphatic rings. The summed E-state index contributed by atoms with van der Waals surface area (Å²) in [6, 6.07) is 126. The average Bonchev–Trinajstić information content (AvgIpc) is 1.40. The fraction of sp³-hybridized carbons (Fsp3) is 0. The van der Waals surface area contributed by atoms with Gasteiger partial charge in [0.15, 0.2) is 0 Å². The van der Waals surface area contributed by atoms with Gasteiger partial charge in [-0.25, -0.2) is 0 Å². The zero-order valence-corrected chi connectivity index (χ0v) is 58.2. The van der Waals surface area contributed by atoms with Crippen molar-refractivity contribution in [3.8, 4) is 44.5 Å². The molecule has 4 heterocycles. The van der Waals surface area contributed by atoms with Crippen molar-refractivity contribution in [1.29, 1.82) is 0 Å². The molecule has 0 saturated carbocycles. The van der Waals surface area contributed by atoms with E-state index in [4.69, 9.17) is 11.6 Å². The van der Waals surface area contributed by atoms with Crippen LogP contribution in [0.1, 0.15) is 0 Å². The van der Waals surface area contributed by atoms with Gasteiger partial charge in [0.25, 0.3) is 0 Å². The number of nitrogens with zero attached hydrogens (tertiary/aromatic N) is 1. The molecule has 20 aromatic rings. The molecular formula is C92H62ClN3S4. The molecule has 8 heteroatoms. The van der Waals surface area contributed by atoms with Gasteiger partial charge in [0.05, 0.1) is 41.5 Å². The summed E-state index contributed by atoms with van der Waals surface area (Å²) < 4.78 is 10.5. The highest BCUT2D eigenvalue weighted by molar-refractivity contribution is 7.28. The molecule has 4 N–H and O–H groups in total. The number of thiophene rings is 4. The largest absolute Gasteiger partial charge is 0.353 e. The first-order valence-electron chi connectivity index (χ1n) is 33.2. The van der Waals surface area contributed by atoms with Crippen LogP contribution in [0.5, 0.6) is 0 Å². The monoisotopic (exact) mass is 1370 g/mol. The molecular weight excluding hydrogens is 1310 g/mol. The Bertz CT molecular complexity index is 6190. The summed E-state index contributed by atoms with van der Waals surface area (Å²) in [5.41, 5.74) is 15.7. The predicted octanol–water partition coefficient (Wildman–Crippen LogP) is 29.5. The maximum atomic E-state index is 6.07. The second-order valence-corrected chi connectivity index (χ2v) is 29.4. The number of anilines is 5. The molecule has 0 fully saturated rings. The summed E-state index contributed by atoms with van der Waals surface area (Å²) in [6.07, 6.45) is 0. The molecule has 0 radical (unpaired) electrons. The lowest BCUT2D eigenvalue weighted by atomic mass is 9.89. The number of hydrogen-bond acceptors (Lipinski definition) is 7. The first-order valence-corrected chi connectivity index (χ1v) is 36.9. The minimum Gasteiger partial charge on any atom is -0.353 e. The molecule has 476 valence electrons. The molecule has 16 aromatic carbocycles. The Morgan fingerprint density at radius 1 is 0.240 bits per heavy atom. The third-order valence-corrected chi connectivity index (χ3v) is 24.0. The van der Waals surface area contributed by atoms with E-state index in [0.717, 1.165) is 10.7 Å². The van der Waals surface area contributed by atoms with Crippen LogP contribution in [0.15, 0.2) is 352 Å². The smallest absolute Gasteiger partial charge is 0.0640 e. The van der Waals surface area contributed by atoms with Crippen LogP contribution in [0.4, 0.5) is 28.4 Å². The Morgan fingerprint density at radius 3 is 0.970 bits per heavy atom. The van der Waals surface area contributed by atoms with Crippen molar-refractivity contribution >= 4 is 188 Å². The fourth-order valence-electron chi connectivity index (χ4n) is 14.3. The highest BCUT2D eigenvalue weighted by Crippen LogP contribution is 2.51.